The van der Waals surface area contributed by atoms with Crippen molar-refractivity contribution in [1.82, 2.24) is 19.6 Å². The minimum absolute atomic E-state index is 0.00125. The van der Waals surface area contributed by atoms with Gasteiger partial charge < -0.3 is 4.74 Å². The van der Waals surface area contributed by atoms with E-state index in [0.717, 1.165) is 15.8 Å². The molecular weight excluding hydrogens is 386 g/mol. The highest BCUT2D eigenvalue weighted by molar-refractivity contribution is 7.93. The zero-order chi connectivity index (χ0) is 18.7. The minimum Gasteiger partial charge on any atom is -0.456 e. The summed E-state index contributed by atoms with van der Waals surface area (Å²) in [4.78, 5) is 4.04. The summed E-state index contributed by atoms with van der Waals surface area (Å²) in [5.74, 6) is 0.989. The molecule has 2 heterocycles. The van der Waals surface area contributed by atoms with Crippen LogP contribution in [0, 0.1) is 0 Å². The molecule has 10 heteroatoms. The van der Waals surface area contributed by atoms with E-state index >= 15 is 0 Å². The first-order valence-electron chi connectivity index (χ1n) is 7.79. The van der Waals surface area contributed by atoms with E-state index in [0.29, 0.717) is 5.75 Å². The maximum absolute atomic E-state index is 13.5. The lowest BCUT2D eigenvalue weighted by molar-refractivity contribution is 0.467. The number of aromatic nitrogens is 4. The van der Waals surface area contributed by atoms with E-state index in [2.05, 4.69) is 19.6 Å². The van der Waals surface area contributed by atoms with Gasteiger partial charge in [-0.3, -0.25) is 5.10 Å². The van der Waals surface area contributed by atoms with Crippen LogP contribution in [0.15, 0.2) is 78.1 Å². The number of nitrogens with one attached hydrogen (secondary N) is 1. The summed E-state index contributed by atoms with van der Waals surface area (Å²) in [6, 6.07) is 16.9. The van der Waals surface area contributed by atoms with E-state index in [4.69, 9.17) is 4.74 Å². The molecule has 136 valence electrons. The molecule has 27 heavy (non-hydrogen) atoms. The summed E-state index contributed by atoms with van der Waals surface area (Å²) < 4.78 is 37.7. The van der Waals surface area contributed by atoms with Crippen LogP contribution in [0.1, 0.15) is 0 Å². The summed E-state index contributed by atoms with van der Waals surface area (Å²) in [7, 11) is -4.05. The molecule has 0 amide bonds. The van der Waals surface area contributed by atoms with Gasteiger partial charge in [-0.05, 0) is 24.3 Å². The van der Waals surface area contributed by atoms with Gasteiger partial charge in [0.25, 0.3) is 10.0 Å². The molecule has 4 rings (SSSR count). The Bertz CT molecular complexity index is 1080. The molecule has 0 aliphatic carbocycles. The molecule has 8 nitrogen and oxygen atoms in total. The maximum atomic E-state index is 13.5. The second kappa shape index (κ2) is 7.17. The first kappa shape index (κ1) is 17.2. The highest BCUT2D eigenvalue weighted by atomic mass is 32.2. The van der Waals surface area contributed by atoms with Crippen molar-refractivity contribution < 1.29 is 13.2 Å². The van der Waals surface area contributed by atoms with Gasteiger partial charge in [0.15, 0.2) is 0 Å². The van der Waals surface area contributed by atoms with Crippen LogP contribution in [0.5, 0.6) is 11.5 Å². The lowest BCUT2D eigenvalue weighted by atomic mass is 10.3. The molecule has 0 unspecified atom stereocenters. The van der Waals surface area contributed by atoms with Gasteiger partial charge in [0.1, 0.15) is 28.5 Å². The van der Waals surface area contributed by atoms with Crippen LogP contribution in [0.3, 0.4) is 0 Å². The van der Waals surface area contributed by atoms with Gasteiger partial charge in [-0.1, -0.05) is 30.3 Å². The molecule has 2 aromatic carbocycles. The summed E-state index contributed by atoms with van der Waals surface area (Å²) in [5, 5.41) is 6.70. The molecule has 0 bridgehead atoms. The summed E-state index contributed by atoms with van der Waals surface area (Å²) in [6.45, 7) is 0. The summed E-state index contributed by atoms with van der Waals surface area (Å²) >= 11 is 0.958. The van der Waals surface area contributed by atoms with Crippen LogP contribution in [0.4, 0.5) is 10.9 Å². The largest absolute Gasteiger partial charge is 0.456 e. The number of H-pyrrole nitrogens is 1. The third-order valence-corrected chi connectivity index (χ3v) is 6.08. The van der Waals surface area contributed by atoms with Gasteiger partial charge >= 0.3 is 0 Å². The van der Waals surface area contributed by atoms with E-state index in [9.17, 15) is 8.42 Å². The van der Waals surface area contributed by atoms with E-state index in [-0.39, 0.29) is 21.6 Å². The zero-order valence-electron chi connectivity index (χ0n) is 13.8. The monoisotopic (exact) mass is 399 g/mol. The third-order valence-electron chi connectivity index (χ3n) is 3.57. The fraction of sp³-hybridized carbons (Fsp3) is 0. The van der Waals surface area contributed by atoms with Gasteiger partial charge in [0.05, 0.1) is 6.20 Å². The van der Waals surface area contributed by atoms with Gasteiger partial charge in [-0.15, -0.1) is 0 Å². The Hall–Kier alpha value is -3.24. The van der Waals surface area contributed by atoms with Gasteiger partial charge in [-0.2, -0.15) is 13.8 Å². The lowest BCUT2D eigenvalue weighted by Crippen LogP contribution is -2.27. The summed E-state index contributed by atoms with van der Waals surface area (Å²) in [5.41, 5.74) is 0. The first-order valence-corrected chi connectivity index (χ1v) is 10.0. The van der Waals surface area contributed by atoms with Gasteiger partial charge in [0, 0.05) is 17.6 Å². The van der Waals surface area contributed by atoms with Crippen LogP contribution < -0.4 is 9.04 Å². The predicted molar refractivity (Wildman–Crippen MR) is 101 cm³/mol. The zero-order valence-corrected chi connectivity index (χ0v) is 15.4. The summed E-state index contributed by atoms with van der Waals surface area (Å²) in [6.07, 6.45) is 2.76. The molecule has 0 saturated carbocycles. The Kier molecular flexibility index (Phi) is 4.57. The molecule has 0 radical (unpaired) electrons. The van der Waals surface area contributed by atoms with Crippen molar-refractivity contribution in [2.75, 3.05) is 4.31 Å². The number of rotatable bonds is 6. The van der Waals surface area contributed by atoms with Crippen molar-refractivity contribution in [3.05, 3.63) is 73.2 Å². The molecule has 0 spiro atoms. The van der Waals surface area contributed by atoms with Crippen LogP contribution in [0.2, 0.25) is 0 Å². The molecule has 0 aliphatic heterocycles. The van der Waals surface area contributed by atoms with Crippen molar-refractivity contribution in [3.8, 4) is 11.5 Å². The number of aromatic amines is 1. The molecule has 0 aliphatic rings. The molecular formula is C17H13N5O3S2. The van der Waals surface area contributed by atoms with E-state index < -0.39 is 10.0 Å². The maximum Gasteiger partial charge on any atom is 0.275 e. The average molecular weight is 399 g/mol. The van der Waals surface area contributed by atoms with Crippen LogP contribution in [0.25, 0.3) is 0 Å². The molecule has 2 aromatic heterocycles. The number of benzene rings is 2. The second-order valence-corrected chi connectivity index (χ2v) is 7.81. The third kappa shape index (κ3) is 3.39. The molecule has 1 N–H and O–H groups in total. The van der Waals surface area contributed by atoms with Crippen molar-refractivity contribution in [1.29, 1.82) is 0 Å². The standard InChI is InChI=1S/C17H13N5O3S2/c23-27(24,22(16-10-11-19-21-16)17-18-12-20-26-17)15-9-5-4-8-14(15)25-13-6-2-1-3-7-13/h1-12H,(H,19,21). The smallest absolute Gasteiger partial charge is 0.275 e. The highest BCUT2D eigenvalue weighted by Gasteiger charge is 2.32. The fourth-order valence-corrected chi connectivity index (χ4v) is 4.69. The van der Waals surface area contributed by atoms with E-state index in [1.165, 1.54) is 18.6 Å². The van der Waals surface area contributed by atoms with Crippen LogP contribution in [-0.4, -0.2) is 28.0 Å². The number of nitrogens with zero attached hydrogens (tertiary/aromatic N) is 4. The Balaban J connectivity index is 1.82. The predicted octanol–water partition coefficient (Wildman–Crippen LogP) is 3.58. The van der Waals surface area contributed by atoms with Gasteiger partial charge in [0.2, 0.25) is 5.13 Å². The van der Waals surface area contributed by atoms with Gasteiger partial charge in [-0.25, -0.2) is 13.4 Å². The number of ether oxygens (including phenoxy) is 1. The molecule has 0 fully saturated rings. The normalized spacial score (nSPS) is 11.3. The minimum atomic E-state index is -4.05. The Labute approximate surface area is 159 Å². The van der Waals surface area contributed by atoms with Crippen molar-refractivity contribution in [2.45, 2.75) is 4.90 Å². The molecule has 4 aromatic rings. The highest BCUT2D eigenvalue weighted by Crippen LogP contribution is 2.36. The number of hydrogen-bond donors (Lipinski definition) is 1. The Morgan fingerprint density at radius 1 is 1.00 bits per heavy atom. The SMILES string of the molecule is O=S(=O)(c1ccccc1Oc1ccccc1)N(c1ccn[nH]1)c1ncns1. The van der Waals surface area contributed by atoms with Crippen LogP contribution in [-0.2, 0) is 10.0 Å². The van der Waals surface area contributed by atoms with Crippen molar-refractivity contribution >= 4 is 32.5 Å². The molecule has 0 atom stereocenters. The fourth-order valence-electron chi connectivity index (χ4n) is 2.42. The lowest BCUT2D eigenvalue weighted by Gasteiger charge is -2.20. The number of sulfonamides is 1. The quantitative estimate of drug-likeness (QED) is 0.532. The topological polar surface area (TPSA) is 101 Å². The number of para-hydroxylation sites is 2. The van der Waals surface area contributed by atoms with Crippen LogP contribution >= 0.6 is 11.5 Å². The first-order chi connectivity index (χ1) is 13.2. The second-order valence-electron chi connectivity index (χ2n) is 5.30. The van der Waals surface area contributed by atoms with E-state index in [1.54, 1.807) is 36.4 Å². The number of anilines is 2. The average Bonchev–Trinajstić information content (AvgIpc) is 3.38. The van der Waals surface area contributed by atoms with Crippen molar-refractivity contribution in [2.24, 2.45) is 0 Å². The molecule has 0 saturated heterocycles. The Morgan fingerprint density at radius 2 is 1.78 bits per heavy atom. The Morgan fingerprint density at radius 3 is 2.48 bits per heavy atom. The number of hydrogen-bond acceptors (Lipinski definition) is 7. The van der Waals surface area contributed by atoms with Crippen molar-refractivity contribution in [3.63, 3.8) is 0 Å². The van der Waals surface area contributed by atoms with E-state index in [1.807, 2.05) is 18.2 Å².